The summed E-state index contributed by atoms with van der Waals surface area (Å²) < 4.78 is 35.2. The number of aryl methyl sites for hydroxylation is 1. The summed E-state index contributed by atoms with van der Waals surface area (Å²) in [5.74, 6) is 0.921. The lowest BCUT2D eigenvalue weighted by Crippen LogP contribution is -2.59. The second-order valence-electron chi connectivity index (χ2n) is 15.1. The van der Waals surface area contributed by atoms with Crippen LogP contribution in [0.1, 0.15) is 91.7 Å². The number of hydrogen-bond acceptors (Lipinski definition) is 8. The highest BCUT2D eigenvalue weighted by Crippen LogP contribution is 2.52. The molecular formula is C36H49FN4O6. The summed E-state index contributed by atoms with van der Waals surface area (Å²) in [5, 5.41) is 2.86. The van der Waals surface area contributed by atoms with Crippen LogP contribution < -0.4 is 14.8 Å². The van der Waals surface area contributed by atoms with Crippen molar-refractivity contribution in [2.24, 2.45) is 23.2 Å². The molecule has 2 aromatic rings. The molecule has 11 heteroatoms. The number of fused-ring (bicyclic) bond motifs is 9. The molecule has 4 bridgehead atoms. The molecule has 8 atom stereocenters. The summed E-state index contributed by atoms with van der Waals surface area (Å²) >= 11 is 0. The van der Waals surface area contributed by atoms with Gasteiger partial charge in [0.1, 0.15) is 29.6 Å². The first-order valence-corrected chi connectivity index (χ1v) is 17.3. The van der Waals surface area contributed by atoms with E-state index in [1.54, 1.807) is 20.1 Å². The van der Waals surface area contributed by atoms with Crippen LogP contribution in [-0.2, 0) is 20.7 Å². The number of ether oxygens (including phenoxy) is 3. The first kappa shape index (κ1) is 33.4. The van der Waals surface area contributed by atoms with Crippen LogP contribution in [0.2, 0.25) is 0 Å². The molecule has 6 rings (SSSR count). The van der Waals surface area contributed by atoms with E-state index in [0.717, 1.165) is 44.9 Å². The number of benzene rings is 1. The summed E-state index contributed by atoms with van der Waals surface area (Å²) in [5.41, 5.74) is -1.13. The van der Waals surface area contributed by atoms with Gasteiger partial charge in [-0.1, -0.05) is 40.5 Å². The zero-order chi connectivity index (χ0) is 33.7. The molecule has 1 saturated heterocycles. The van der Waals surface area contributed by atoms with Crippen molar-refractivity contribution in [3.8, 4) is 11.6 Å². The summed E-state index contributed by atoms with van der Waals surface area (Å²) in [6, 6.07) is 2.96. The van der Waals surface area contributed by atoms with E-state index in [1.807, 2.05) is 32.9 Å². The number of amides is 2. The van der Waals surface area contributed by atoms with Crippen LogP contribution in [0.15, 0.2) is 18.2 Å². The molecule has 2 aliphatic heterocycles. The lowest BCUT2D eigenvalue weighted by atomic mass is 9.82. The molecule has 3 heterocycles. The number of aromatic nitrogens is 2. The van der Waals surface area contributed by atoms with Crippen LogP contribution in [0.4, 0.5) is 9.18 Å². The van der Waals surface area contributed by atoms with Gasteiger partial charge >= 0.3 is 6.09 Å². The van der Waals surface area contributed by atoms with Gasteiger partial charge in [0.05, 0.1) is 24.7 Å². The van der Waals surface area contributed by atoms with E-state index in [1.165, 1.54) is 11.8 Å². The molecule has 47 heavy (non-hydrogen) atoms. The van der Waals surface area contributed by atoms with Gasteiger partial charge in [-0.2, -0.15) is 0 Å². The second kappa shape index (κ2) is 12.8. The minimum atomic E-state index is -2.20. The monoisotopic (exact) mass is 652 g/mol. The number of carbonyl (C=O) groups excluding carboxylic acids is 3. The topological polar surface area (TPSA) is 120 Å². The van der Waals surface area contributed by atoms with Gasteiger partial charge in [-0.15, -0.1) is 0 Å². The lowest BCUT2D eigenvalue weighted by molar-refractivity contribution is -0.143. The number of methoxy groups -OCH3 is 1. The Morgan fingerprint density at radius 1 is 1.09 bits per heavy atom. The third-order valence-corrected chi connectivity index (χ3v) is 11.1. The maximum Gasteiger partial charge on any atom is 0.408 e. The molecule has 4 aliphatic rings. The van der Waals surface area contributed by atoms with Gasteiger partial charge in [0.25, 0.3) is 0 Å². The Kier molecular flexibility index (Phi) is 9.13. The number of carbonyl (C=O) groups is 3. The highest BCUT2D eigenvalue weighted by Gasteiger charge is 2.60. The van der Waals surface area contributed by atoms with Crippen LogP contribution in [0.25, 0.3) is 11.0 Å². The first-order valence-electron chi connectivity index (χ1n) is 17.3. The molecular weight excluding hydrogens is 603 g/mol. The number of halogens is 1. The van der Waals surface area contributed by atoms with Gasteiger partial charge < -0.3 is 24.4 Å². The normalized spacial score (nSPS) is 33.3. The van der Waals surface area contributed by atoms with E-state index in [0.29, 0.717) is 40.7 Å². The first-order chi connectivity index (χ1) is 22.3. The van der Waals surface area contributed by atoms with Crippen molar-refractivity contribution in [2.45, 2.75) is 122 Å². The predicted molar refractivity (Wildman–Crippen MR) is 174 cm³/mol. The fraction of sp³-hybridized carbons (Fsp3) is 0.694. The third kappa shape index (κ3) is 6.26. The maximum atomic E-state index is 17.3. The molecule has 3 fully saturated rings. The number of nitrogens with zero attached hydrogens (tertiary/aromatic N) is 3. The Hall–Kier alpha value is -3.50. The Balaban J connectivity index is 1.41. The minimum absolute atomic E-state index is 0.0723. The fourth-order valence-electron chi connectivity index (χ4n) is 8.66. The van der Waals surface area contributed by atoms with Crippen LogP contribution in [0, 0.1) is 23.2 Å². The van der Waals surface area contributed by atoms with Crippen molar-refractivity contribution >= 4 is 28.8 Å². The molecule has 1 N–H and O–H groups in total. The van der Waals surface area contributed by atoms with Gasteiger partial charge in [-0.25, -0.2) is 19.2 Å². The number of Topliss-reactive ketones (excluding diaryl/α,β-unsaturated/α-hetero) is 1. The molecule has 0 radical (unpaired) electrons. The third-order valence-electron chi connectivity index (χ3n) is 11.1. The number of hydrogen-bond donors (Lipinski definition) is 1. The highest BCUT2D eigenvalue weighted by atomic mass is 19.1. The van der Waals surface area contributed by atoms with Crippen molar-refractivity contribution < 1.29 is 33.0 Å². The fourth-order valence-corrected chi connectivity index (χ4v) is 8.66. The van der Waals surface area contributed by atoms with Crippen molar-refractivity contribution in [1.82, 2.24) is 20.2 Å². The van der Waals surface area contributed by atoms with Crippen molar-refractivity contribution in [2.75, 3.05) is 13.7 Å². The number of rotatable bonds is 3. The zero-order valence-corrected chi connectivity index (χ0v) is 28.5. The SMILES string of the molecule is CC[C@]1(F)[C@@H]2CN(C(=O)[C@H](C(C)(C)C)NC(=O)O[C@@H]3[C@H]4CC[C@H](C4)[C@H]3CCCCCc3nc4ccc(OC)cc4nc3O2)[C@@H]1C(C)=O. The van der Waals surface area contributed by atoms with Crippen molar-refractivity contribution in [1.29, 1.82) is 0 Å². The van der Waals surface area contributed by atoms with Gasteiger partial charge in [0, 0.05) is 6.07 Å². The van der Waals surface area contributed by atoms with Crippen molar-refractivity contribution in [3.63, 3.8) is 0 Å². The van der Waals surface area contributed by atoms with Gasteiger partial charge in [0.15, 0.2) is 17.6 Å². The smallest absolute Gasteiger partial charge is 0.408 e. The molecule has 0 spiro atoms. The highest BCUT2D eigenvalue weighted by molar-refractivity contribution is 5.93. The van der Waals surface area contributed by atoms with Crippen LogP contribution in [0.5, 0.6) is 11.6 Å². The largest absolute Gasteiger partial charge is 0.497 e. The number of nitrogens with one attached hydrogen (secondary N) is 1. The summed E-state index contributed by atoms with van der Waals surface area (Å²) in [7, 11) is 1.57. The lowest BCUT2D eigenvalue weighted by Gasteiger charge is -2.37. The molecule has 2 amide bonds. The number of alkyl carbamates (subject to hydrolysis) is 1. The standard InChI is InChI=1S/C36H49FN4O6/c1-7-36(37)28-19-41(31(36)20(2)42)33(43)30(35(3,4)5)40-34(44)47-29-22-14-13-21(17-22)24(29)11-9-8-10-12-26-32(46-28)39-27-18-23(45-6)15-16-25(27)38-26/h15-16,18,21-22,24,28-31H,7-14,17,19H2,1-6H3,(H,40,44)/t21-,22+,24-,28+,29-,30-,31-,36+/m1/s1. The van der Waals surface area contributed by atoms with Crippen LogP contribution in [-0.4, -0.2) is 76.3 Å². The molecule has 1 aromatic carbocycles. The number of ketones is 1. The van der Waals surface area contributed by atoms with E-state index in [-0.39, 0.29) is 30.9 Å². The van der Waals surface area contributed by atoms with E-state index >= 15 is 4.39 Å². The summed E-state index contributed by atoms with van der Waals surface area (Å²) in [4.78, 5) is 52.0. The Morgan fingerprint density at radius 3 is 2.55 bits per heavy atom. The Labute approximate surface area is 276 Å². The molecule has 2 aliphatic carbocycles. The quantitative estimate of drug-likeness (QED) is 0.431. The zero-order valence-electron chi connectivity index (χ0n) is 28.5. The van der Waals surface area contributed by atoms with Gasteiger partial charge in [0.2, 0.25) is 11.8 Å². The van der Waals surface area contributed by atoms with Crippen molar-refractivity contribution in [3.05, 3.63) is 23.9 Å². The summed E-state index contributed by atoms with van der Waals surface area (Å²) in [6.07, 6.45) is 5.46. The molecule has 0 unspecified atom stereocenters. The van der Waals surface area contributed by atoms with E-state index in [9.17, 15) is 14.4 Å². The minimum Gasteiger partial charge on any atom is -0.497 e. The van der Waals surface area contributed by atoms with Gasteiger partial charge in [-0.05, 0) is 87.2 Å². The predicted octanol–water partition coefficient (Wildman–Crippen LogP) is 5.98. The maximum absolute atomic E-state index is 17.3. The molecule has 1 aromatic heterocycles. The second-order valence-corrected chi connectivity index (χ2v) is 15.1. The molecule has 2 saturated carbocycles. The molecule has 256 valence electrons. The summed E-state index contributed by atoms with van der Waals surface area (Å²) in [6.45, 7) is 8.26. The molecule has 10 nitrogen and oxygen atoms in total. The van der Waals surface area contributed by atoms with E-state index < -0.39 is 47.1 Å². The van der Waals surface area contributed by atoms with E-state index in [4.69, 9.17) is 24.2 Å². The van der Waals surface area contributed by atoms with Crippen LogP contribution >= 0.6 is 0 Å². The van der Waals surface area contributed by atoms with E-state index in [2.05, 4.69) is 5.32 Å². The van der Waals surface area contributed by atoms with Crippen LogP contribution in [0.3, 0.4) is 0 Å². The average Bonchev–Trinajstić information content (AvgIpc) is 3.71. The Bertz CT molecular complexity index is 1530. The number of alkyl halides is 1. The average molecular weight is 653 g/mol. The van der Waals surface area contributed by atoms with Gasteiger partial charge in [-0.3, -0.25) is 9.59 Å². The Morgan fingerprint density at radius 2 is 1.85 bits per heavy atom.